The lowest BCUT2D eigenvalue weighted by molar-refractivity contribution is -0.140. The zero-order valence-electron chi connectivity index (χ0n) is 20.0. The fourth-order valence-electron chi connectivity index (χ4n) is 4.34. The number of hydrogen-bond acceptors (Lipinski definition) is 7. The predicted molar refractivity (Wildman–Crippen MR) is 124 cm³/mol. The van der Waals surface area contributed by atoms with Gasteiger partial charge < -0.3 is 14.4 Å². The third kappa shape index (κ3) is 10.6. The number of rotatable bonds is 12. The first-order chi connectivity index (χ1) is 15.6. The summed E-state index contributed by atoms with van der Waals surface area (Å²) in [6.07, 6.45) is 7.11. The maximum absolute atomic E-state index is 12.5. The molecule has 33 heavy (non-hydrogen) atoms. The average molecular weight is 487 g/mol. The molecule has 0 aliphatic heterocycles. The molecule has 0 bridgehead atoms. The second-order valence-electron chi connectivity index (χ2n) is 9.37. The molecule has 2 aliphatic rings. The summed E-state index contributed by atoms with van der Waals surface area (Å²) < 4.78 is 33.8. The molecule has 0 atom stereocenters. The van der Waals surface area contributed by atoms with Gasteiger partial charge in [-0.2, -0.15) is 0 Å². The smallest absolute Gasteiger partial charge is 0.462 e. The molecule has 0 heterocycles. The molecule has 0 spiro atoms. The van der Waals surface area contributed by atoms with Crippen LogP contribution in [0.1, 0.15) is 78.1 Å². The summed E-state index contributed by atoms with van der Waals surface area (Å²) in [4.78, 5) is 33.1. The van der Waals surface area contributed by atoms with Gasteiger partial charge in [-0.1, -0.05) is 13.2 Å². The van der Waals surface area contributed by atoms with Gasteiger partial charge >= 0.3 is 19.8 Å². The molecule has 0 aromatic carbocycles. The first-order valence-corrected chi connectivity index (χ1v) is 13.4. The molecule has 2 aliphatic carbocycles. The molecular weight excluding hydrogens is 447 g/mol. The van der Waals surface area contributed by atoms with Crippen molar-refractivity contribution in [1.82, 2.24) is 0 Å². The number of phosphoric ester groups is 1. The number of esters is 2. The first-order valence-electron chi connectivity index (χ1n) is 11.9. The second kappa shape index (κ2) is 13.4. The average Bonchev–Trinajstić information content (AvgIpc) is 2.75. The van der Waals surface area contributed by atoms with Gasteiger partial charge in [0.25, 0.3) is 0 Å². The van der Waals surface area contributed by atoms with Crippen LogP contribution in [0.15, 0.2) is 24.3 Å². The van der Waals surface area contributed by atoms with Crippen LogP contribution in [0.5, 0.6) is 0 Å². The topological polar surface area (TPSA) is 108 Å². The highest BCUT2D eigenvalue weighted by Crippen LogP contribution is 2.50. The summed E-state index contributed by atoms with van der Waals surface area (Å²) in [5.41, 5.74) is 0.784. The van der Waals surface area contributed by atoms with Gasteiger partial charge in [0.05, 0.1) is 25.4 Å². The van der Waals surface area contributed by atoms with Crippen molar-refractivity contribution in [2.75, 3.05) is 13.2 Å². The van der Waals surface area contributed by atoms with Crippen molar-refractivity contribution in [1.29, 1.82) is 0 Å². The van der Waals surface area contributed by atoms with Gasteiger partial charge in [0.2, 0.25) is 0 Å². The van der Waals surface area contributed by atoms with Crippen LogP contribution < -0.4 is 0 Å². The van der Waals surface area contributed by atoms with Crippen molar-refractivity contribution in [2.24, 2.45) is 11.8 Å². The number of phosphoric acid groups is 1. The van der Waals surface area contributed by atoms with Crippen molar-refractivity contribution >= 4 is 19.8 Å². The molecule has 8 nitrogen and oxygen atoms in total. The van der Waals surface area contributed by atoms with Gasteiger partial charge in [-0.3, -0.25) is 9.05 Å². The zero-order valence-corrected chi connectivity index (χ0v) is 20.9. The summed E-state index contributed by atoms with van der Waals surface area (Å²) in [7, 11) is -4.12. The lowest BCUT2D eigenvalue weighted by Gasteiger charge is -2.32. The molecule has 2 saturated carbocycles. The van der Waals surface area contributed by atoms with E-state index in [0.29, 0.717) is 61.9 Å². The van der Waals surface area contributed by atoms with E-state index in [1.165, 1.54) is 0 Å². The SMILES string of the molecule is C=C(C)C(=O)OCCC1CCC(OP(=O)(O)OC2CCC(CCOC(=O)C(=C)C)CC2)CC1. The van der Waals surface area contributed by atoms with E-state index in [2.05, 4.69) is 13.2 Å². The standard InChI is InChI=1S/C24H39O8P/c1-17(2)23(25)29-15-13-19-5-9-21(10-6-19)31-33(27,28)32-22-11-7-20(8-12-22)14-16-30-24(26)18(3)4/h19-22H,1,3,5-16H2,2,4H3,(H,27,28). The first kappa shape index (κ1) is 27.8. The normalized spacial score (nSPS) is 27.2. The van der Waals surface area contributed by atoms with E-state index >= 15 is 0 Å². The highest BCUT2D eigenvalue weighted by Gasteiger charge is 2.34. The van der Waals surface area contributed by atoms with Crippen molar-refractivity contribution in [3.8, 4) is 0 Å². The summed E-state index contributed by atoms with van der Waals surface area (Å²) in [5, 5.41) is 0. The predicted octanol–water partition coefficient (Wildman–Crippen LogP) is 5.26. The Hall–Kier alpha value is -1.47. The monoisotopic (exact) mass is 486 g/mol. The number of ether oxygens (including phenoxy) is 2. The molecule has 9 heteroatoms. The van der Waals surface area contributed by atoms with E-state index in [9.17, 15) is 19.0 Å². The van der Waals surface area contributed by atoms with E-state index in [1.807, 2.05) is 0 Å². The minimum absolute atomic E-state index is 0.297. The van der Waals surface area contributed by atoms with E-state index in [-0.39, 0.29) is 24.1 Å². The van der Waals surface area contributed by atoms with Gasteiger partial charge in [-0.05, 0) is 89.9 Å². The number of carbonyl (C=O) groups is 2. The van der Waals surface area contributed by atoms with E-state index in [1.54, 1.807) is 13.8 Å². The number of hydrogen-bond donors (Lipinski definition) is 1. The quantitative estimate of drug-likeness (QED) is 0.226. The maximum Gasteiger partial charge on any atom is 0.472 e. The molecule has 0 saturated heterocycles. The van der Waals surface area contributed by atoms with Crippen LogP contribution in [0.3, 0.4) is 0 Å². The lowest BCUT2D eigenvalue weighted by atomic mass is 9.86. The summed E-state index contributed by atoms with van der Waals surface area (Å²) in [5.74, 6) is 0.0784. The lowest BCUT2D eigenvalue weighted by Crippen LogP contribution is -2.25. The molecule has 1 N–H and O–H groups in total. The van der Waals surface area contributed by atoms with Gasteiger partial charge in [0, 0.05) is 11.1 Å². The summed E-state index contributed by atoms with van der Waals surface area (Å²) >= 11 is 0. The Labute approximate surface area is 197 Å². The molecule has 2 fully saturated rings. The zero-order chi connectivity index (χ0) is 24.4. The Kier molecular flexibility index (Phi) is 11.3. The fourth-order valence-corrected chi connectivity index (χ4v) is 5.56. The Morgan fingerprint density at radius 2 is 1.09 bits per heavy atom. The maximum atomic E-state index is 12.5. The third-order valence-electron chi connectivity index (χ3n) is 6.37. The van der Waals surface area contributed by atoms with E-state index in [4.69, 9.17) is 18.5 Å². The molecule has 0 unspecified atom stereocenters. The van der Waals surface area contributed by atoms with E-state index in [0.717, 1.165) is 38.5 Å². The molecule has 188 valence electrons. The summed E-state index contributed by atoms with van der Waals surface area (Å²) in [6.45, 7) is 11.1. The minimum Gasteiger partial charge on any atom is -0.462 e. The van der Waals surface area contributed by atoms with Crippen LogP contribution >= 0.6 is 7.82 Å². The van der Waals surface area contributed by atoms with Gasteiger partial charge in [0.15, 0.2) is 0 Å². The molecule has 0 amide bonds. The molecule has 0 aromatic rings. The Balaban J connectivity index is 1.61. The van der Waals surface area contributed by atoms with Crippen LogP contribution in [-0.2, 0) is 32.7 Å². The molecule has 0 aromatic heterocycles. The van der Waals surface area contributed by atoms with Crippen molar-refractivity contribution < 1.29 is 37.6 Å². The fraction of sp³-hybridized carbons (Fsp3) is 0.750. The van der Waals surface area contributed by atoms with Crippen LogP contribution in [-0.4, -0.2) is 42.3 Å². The minimum atomic E-state index is -4.12. The van der Waals surface area contributed by atoms with Crippen molar-refractivity contribution in [2.45, 2.75) is 90.3 Å². The molecule has 2 rings (SSSR count). The van der Waals surface area contributed by atoms with E-state index < -0.39 is 7.82 Å². The van der Waals surface area contributed by atoms with Gasteiger partial charge in [-0.15, -0.1) is 0 Å². The van der Waals surface area contributed by atoms with Crippen LogP contribution in [0.25, 0.3) is 0 Å². The van der Waals surface area contributed by atoms with Gasteiger partial charge in [0.1, 0.15) is 0 Å². The largest absolute Gasteiger partial charge is 0.472 e. The van der Waals surface area contributed by atoms with Crippen molar-refractivity contribution in [3.63, 3.8) is 0 Å². The highest BCUT2D eigenvalue weighted by molar-refractivity contribution is 7.47. The van der Waals surface area contributed by atoms with Crippen molar-refractivity contribution in [3.05, 3.63) is 24.3 Å². The highest BCUT2D eigenvalue weighted by atomic mass is 31.2. The Morgan fingerprint density at radius 3 is 1.39 bits per heavy atom. The molecular formula is C24H39O8P. The van der Waals surface area contributed by atoms with Gasteiger partial charge in [-0.25, -0.2) is 14.2 Å². The summed E-state index contributed by atoms with van der Waals surface area (Å²) in [6, 6.07) is 0. The molecule has 0 radical (unpaired) electrons. The second-order valence-corrected chi connectivity index (χ2v) is 10.7. The Morgan fingerprint density at radius 1 is 0.758 bits per heavy atom. The third-order valence-corrected chi connectivity index (χ3v) is 7.50. The Bertz CT molecular complexity index is 675. The van der Waals surface area contributed by atoms with Crippen LogP contribution in [0, 0.1) is 11.8 Å². The van der Waals surface area contributed by atoms with Crippen LogP contribution in [0.4, 0.5) is 0 Å². The van der Waals surface area contributed by atoms with Crippen LogP contribution in [0.2, 0.25) is 0 Å². The number of carbonyl (C=O) groups excluding carboxylic acids is 2.